The van der Waals surface area contributed by atoms with Gasteiger partial charge < -0.3 is 5.32 Å². The van der Waals surface area contributed by atoms with Gasteiger partial charge in [0.15, 0.2) is 5.16 Å². The summed E-state index contributed by atoms with van der Waals surface area (Å²) in [5.74, 6) is -0.240. The van der Waals surface area contributed by atoms with Gasteiger partial charge in [-0.15, -0.1) is 0 Å². The molecule has 0 saturated heterocycles. The fourth-order valence-electron chi connectivity index (χ4n) is 2.98. The maximum atomic E-state index is 13.1. The molecule has 2 heterocycles. The molecule has 2 aromatic heterocycles. The van der Waals surface area contributed by atoms with Gasteiger partial charge in [0.25, 0.3) is 5.56 Å². The topological polar surface area (TPSA) is 76.9 Å². The predicted octanol–water partition coefficient (Wildman–Crippen LogP) is 4.88. The number of carbonyl (C=O) groups excluding carboxylic acids is 1. The molecule has 4 aromatic rings. The van der Waals surface area contributed by atoms with Crippen LogP contribution in [-0.2, 0) is 11.3 Å². The molecule has 0 fully saturated rings. The van der Waals surface area contributed by atoms with E-state index in [0.717, 1.165) is 5.56 Å². The lowest BCUT2D eigenvalue weighted by atomic mass is 10.2. The lowest BCUT2D eigenvalue weighted by Crippen LogP contribution is -2.25. The number of hydrogen-bond acceptors (Lipinski definition) is 5. The van der Waals surface area contributed by atoms with Crippen molar-refractivity contribution < 1.29 is 4.79 Å². The number of anilines is 1. The quantitative estimate of drug-likeness (QED) is 0.321. The minimum absolute atomic E-state index is 0.0456. The molecule has 0 bridgehead atoms. The Morgan fingerprint density at radius 3 is 2.61 bits per heavy atom. The predicted molar refractivity (Wildman–Crippen MR) is 125 cm³/mol. The zero-order valence-electron chi connectivity index (χ0n) is 16.1. The fourth-order valence-corrected chi connectivity index (χ4v) is 4.13. The number of fused-ring (bicyclic) bond motifs is 1. The first-order valence-electron chi connectivity index (χ1n) is 9.28. The summed E-state index contributed by atoms with van der Waals surface area (Å²) in [5.41, 5.74) is 1.76. The number of amides is 1. The first kappa shape index (κ1) is 21.4. The molecule has 156 valence electrons. The van der Waals surface area contributed by atoms with Gasteiger partial charge in [-0.05, 0) is 42.0 Å². The number of rotatable bonds is 6. The van der Waals surface area contributed by atoms with Crippen molar-refractivity contribution in [3.05, 3.63) is 93.0 Å². The van der Waals surface area contributed by atoms with Gasteiger partial charge in [0.1, 0.15) is 0 Å². The number of pyridine rings is 1. The van der Waals surface area contributed by atoms with Crippen molar-refractivity contribution in [2.75, 3.05) is 11.1 Å². The van der Waals surface area contributed by atoms with Gasteiger partial charge in [0.2, 0.25) is 5.91 Å². The molecule has 0 radical (unpaired) electrons. The molecule has 0 unspecified atom stereocenters. The van der Waals surface area contributed by atoms with Crippen LogP contribution in [0.15, 0.2) is 76.9 Å². The Morgan fingerprint density at radius 1 is 1.03 bits per heavy atom. The van der Waals surface area contributed by atoms with E-state index in [4.69, 9.17) is 23.2 Å². The molecule has 9 heteroatoms. The summed E-state index contributed by atoms with van der Waals surface area (Å²) in [7, 11) is 0. The Labute approximate surface area is 192 Å². The van der Waals surface area contributed by atoms with Crippen LogP contribution in [0.5, 0.6) is 0 Å². The maximum absolute atomic E-state index is 13.1. The van der Waals surface area contributed by atoms with Gasteiger partial charge in [-0.25, -0.2) is 4.98 Å². The van der Waals surface area contributed by atoms with Crippen molar-refractivity contribution in [1.82, 2.24) is 14.5 Å². The molecule has 4 rings (SSSR count). The van der Waals surface area contributed by atoms with E-state index in [0.29, 0.717) is 33.3 Å². The Bertz CT molecular complexity index is 1310. The zero-order chi connectivity index (χ0) is 21.8. The summed E-state index contributed by atoms with van der Waals surface area (Å²) in [6.07, 6.45) is 3.34. The van der Waals surface area contributed by atoms with E-state index in [1.165, 1.54) is 11.8 Å². The SMILES string of the molecule is O=C(CSc1nc2ccccc2c(=O)n1Cc1ccncc1)Nc1cccc(Cl)c1Cl. The highest BCUT2D eigenvalue weighted by molar-refractivity contribution is 7.99. The van der Waals surface area contributed by atoms with Gasteiger partial charge in [-0.3, -0.25) is 19.1 Å². The molecule has 0 aliphatic carbocycles. The van der Waals surface area contributed by atoms with E-state index >= 15 is 0 Å². The third-order valence-electron chi connectivity index (χ3n) is 4.47. The van der Waals surface area contributed by atoms with Crippen molar-refractivity contribution in [2.24, 2.45) is 0 Å². The molecule has 6 nitrogen and oxygen atoms in total. The lowest BCUT2D eigenvalue weighted by Gasteiger charge is -2.13. The molecule has 2 aromatic carbocycles. The number of halogens is 2. The standard InChI is InChI=1S/C22H16Cl2N4O2S/c23-16-5-3-7-18(20(16)24)26-19(29)13-31-22-27-17-6-2-1-4-15(17)21(30)28(22)12-14-8-10-25-11-9-14/h1-11H,12-13H2,(H,26,29). The fraction of sp³-hybridized carbons (Fsp3) is 0.0909. The number of nitrogens with one attached hydrogen (secondary N) is 1. The second-order valence-corrected chi connectivity index (χ2v) is 8.32. The molecular formula is C22H16Cl2N4O2S. The van der Waals surface area contributed by atoms with Crippen LogP contribution in [0.1, 0.15) is 5.56 Å². The molecule has 0 aliphatic rings. The summed E-state index contributed by atoms with van der Waals surface area (Å²) in [4.78, 5) is 34.3. The Kier molecular flexibility index (Phi) is 6.56. The van der Waals surface area contributed by atoms with Gasteiger partial charge >= 0.3 is 0 Å². The minimum Gasteiger partial charge on any atom is -0.324 e. The molecule has 1 N–H and O–H groups in total. The van der Waals surface area contributed by atoms with Crippen LogP contribution in [0, 0.1) is 0 Å². The van der Waals surface area contributed by atoms with E-state index in [2.05, 4.69) is 15.3 Å². The minimum atomic E-state index is -0.285. The average molecular weight is 471 g/mol. The van der Waals surface area contributed by atoms with Gasteiger partial charge in [-0.1, -0.05) is 53.2 Å². The first-order valence-corrected chi connectivity index (χ1v) is 11.0. The second kappa shape index (κ2) is 9.51. The summed E-state index contributed by atoms with van der Waals surface area (Å²) in [6, 6.07) is 15.8. The van der Waals surface area contributed by atoms with Gasteiger partial charge in [-0.2, -0.15) is 0 Å². The van der Waals surface area contributed by atoms with Crippen molar-refractivity contribution in [3.63, 3.8) is 0 Å². The smallest absolute Gasteiger partial charge is 0.262 e. The highest BCUT2D eigenvalue weighted by Gasteiger charge is 2.15. The van der Waals surface area contributed by atoms with Crippen LogP contribution in [-0.4, -0.2) is 26.2 Å². The normalized spacial score (nSPS) is 10.9. The third-order valence-corrected chi connectivity index (χ3v) is 6.27. The average Bonchev–Trinajstić information content (AvgIpc) is 2.78. The number of hydrogen-bond donors (Lipinski definition) is 1. The molecule has 0 saturated carbocycles. The molecular weight excluding hydrogens is 455 g/mol. The number of carbonyl (C=O) groups is 1. The number of nitrogens with zero attached hydrogens (tertiary/aromatic N) is 3. The number of para-hydroxylation sites is 1. The van der Waals surface area contributed by atoms with Crippen LogP contribution in [0.2, 0.25) is 10.0 Å². The van der Waals surface area contributed by atoms with Crippen molar-refractivity contribution in [2.45, 2.75) is 11.7 Å². The Balaban J connectivity index is 1.61. The van der Waals surface area contributed by atoms with E-state index < -0.39 is 0 Å². The third kappa shape index (κ3) is 4.90. The van der Waals surface area contributed by atoms with E-state index in [9.17, 15) is 9.59 Å². The summed E-state index contributed by atoms with van der Waals surface area (Å²) in [6.45, 7) is 0.323. The number of benzene rings is 2. The summed E-state index contributed by atoms with van der Waals surface area (Å²) >= 11 is 13.3. The van der Waals surface area contributed by atoms with Crippen LogP contribution < -0.4 is 10.9 Å². The molecule has 0 spiro atoms. The molecule has 0 atom stereocenters. The zero-order valence-corrected chi connectivity index (χ0v) is 18.4. The highest BCUT2D eigenvalue weighted by atomic mass is 35.5. The highest BCUT2D eigenvalue weighted by Crippen LogP contribution is 2.29. The monoisotopic (exact) mass is 470 g/mol. The lowest BCUT2D eigenvalue weighted by molar-refractivity contribution is -0.113. The maximum Gasteiger partial charge on any atom is 0.262 e. The van der Waals surface area contributed by atoms with E-state index in [-0.39, 0.29) is 22.2 Å². The van der Waals surface area contributed by atoms with Crippen molar-refractivity contribution in [3.8, 4) is 0 Å². The van der Waals surface area contributed by atoms with Crippen molar-refractivity contribution >= 4 is 57.5 Å². The number of thioether (sulfide) groups is 1. The van der Waals surface area contributed by atoms with Crippen molar-refractivity contribution in [1.29, 1.82) is 0 Å². The Hall–Kier alpha value is -2.87. The number of aromatic nitrogens is 3. The van der Waals surface area contributed by atoms with Crippen LogP contribution in [0.4, 0.5) is 5.69 Å². The molecule has 31 heavy (non-hydrogen) atoms. The van der Waals surface area contributed by atoms with Crippen LogP contribution in [0.25, 0.3) is 10.9 Å². The van der Waals surface area contributed by atoms with Crippen LogP contribution in [0.3, 0.4) is 0 Å². The molecule has 1 amide bonds. The molecule has 0 aliphatic heterocycles. The van der Waals surface area contributed by atoms with Gasteiger partial charge in [0.05, 0.1) is 38.9 Å². The summed E-state index contributed by atoms with van der Waals surface area (Å²) < 4.78 is 1.57. The summed E-state index contributed by atoms with van der Waals surface area (Å²) in [5, 5.41) is 4.35. The van der Waals surface area contributed by atoms with E-state index in [1.54, 1.807) is 53.4 Å². The van der Waals surface area contributed by atoms with Gasteiger partial charge in [0, 0.05) is 12.4 Å². The second-order valence-electron chi connectivity index (χ2n) is 6.60. The van der Waals surface area contributed by atoms with E-state index in [1.807, 2.05) is 18.2 Å². The van der Waals surface area contributed by atoms with Crippen LogP contribution >= 0.6 is 35.0 Å². The largest absolute Gasteiger partial charge is 0.324 e. The Morgan fingerprint density at radius 2 is 1.81 bits per heavy atom. The first-order chi connectivity index (χ1) is 15.0.